The SMILES string of the molecule is CCCC1CCC(C2CCC(c3ccc(C(F)(F)Oc4cc(F)c(F)c(F)c4)c(F)c3)CC2)C1. The number of ether oxygens (including phenoxy) is 1. The lowest BCUT2D eigenvalue weighted by Gasteiger charge is -2.33. The van der Waals surface area contributed by atoms with Crippen LogP contribution in [-0.2, 0) is 6.11 Å². The first-order chi connectivity index (χ1) is 16.2. The first-order valence-corrected chi connectivity index (χ1v) is 12.2. The molecule has 7 heteroatoms. The zero-order valence-corrected chi connectivity index (χ0v) is 19.2. The molecule has 0 bridgehead atoms. The fourth-order valence-corrected chi connectivity index (χ4v) is 5.95. The first-order valence-electron chi connectivity index (χ1n) is 12.2. The molecule has 0 amide bonds. The molecule has 0 aliphatic heterocycles. The molecule has 34 heavy (non-hydrogen) atoms. The summed E-state index contributed by atoms with van der Waals surface area (Å²) < 4.78 is 87.8. The molecule has 0 saturated heterocycles. The quantitative estimate of drug-likeness (QED) is 0.282. The third kappa shape index (κ3) is 5.38. The molecule has 0 radical (unpaired) electrons. The van der Waals surface area contributed by atoms with Gasteiger partial charge in [-0.3, -0.25) is 0 Å². The van der Waals surface area contributed by atoms with Crippen LogP contribution in [0.25, 0.3) is 0 Å². The molecule has 2 unspecified atom stereocenters. The lowest BCUT2D eigenvalue weighted by molar-refractivity contribution is -0.187. The van der Waals surface area contributed by atoms with Crippen LogP contribution < -0.4 is 4.74 Å². The molecule has 0 N–H and O–H groups in total. The number of hydrogen-bond donors (Lipinski definition) is 0. The van der Waals surface area contributed by atoms with Crippen LogP contribution in [0.3, 0.4) is 0 Å². The van der Waals surface area contributed by atoms with E-state index in [0.717, 1.165) is 49.7 Å². The van der Waals surface area contributed by atoms with Crippen molar-refractivity contribution in [1.82, 2.24) is 0 Å². The smallest absolute Gasteiger partial charge is 0.429 e. The van der Waals surface area contributed by atoms with Crippen molar-refractivity contribution < 1.29 is 31.1 Å². The second kappa shape index (κ2) is 10.2. The van der Waals surface area contributed by atoms with E-state index in [9.17, 15) is 26.3 Å². The maximum absolute atomic E-state index is 14.7. The van der Waals surface area contributed by atoms with Crippen LogP contribution >= 0.6 is 0 Å². The molecule has 1 nitrogen and oxygen atoms in total. The van der Waals surface area contributed by atoms with Crippen molar-refractivity contribution >= 4 is 0 Å². The Labute approximate surface area is 196 Å². The van der Waals surface area contributed by atoms with E-state index in [1.807, 2.05) is 0 Å². The average Bonchev–Trinajstić information content (AvgIpc) is 3.26. The van der Waals surface area contributed by atoms with Gasteiger partial charge in [0.1, 0.15) is 11.6 Å². The zero-order valence-electron chi connectivity index (χ0n) is 19.2. The molecular formula is C27H30F6O. The predicted molar refractivity (Wildman–Crippen MR) is 118 cm³/mol. The Kier molecular flexibility index (Phi) is 7.48. The van der Waals surface area contributed by atoms with Gasteiger partial charge in [0, 0.05) is 12.1 Å². The highest BCUT2D eigenvalue weighted by molar-refractivity contribution is 5.31. The summed E-state index contributed by atoms with van der Waals surface area (Å²) in [7, 11) is 0. The van der Waals surface area contributed by atoms with Gasteiger partial charge in [-0.1, -0.05) is 32.3 Å². The second-order valence-electron chi connectivity index (χ2n) is 9.90. The Morgan fingerprint density at radius 1 is 0.824 bits per heavy atom. The summed E-state index contributed by atoms with van der Waals surface area (Å²) in [6.07, 6.45) is 6.21. The Morgan fingerprint density at radius 2 is 1.47 bits per heavy atom. The van der Waals surface area contributed by atoms with E-state index in [1.54, 1.807) is 0 Å². The van der Waals surface area contributed by atoms with Crippen molar-refractivity contribution in [2.75, 3.05) is 0 Å². The van der Waals surface area contributed by atoms with E-state index < -0.39 is 40.7 Å². The highest BCUT2D eigenvalue weighted by Gasteiger charge is 2.39. The molecule has 186 valence electrons. The lowest BCUT2D eigenvalue weighted by Crippen LogP contribution is -2.24. The minimum absolute atomic E-state index is 0.113. The molecule has 2 aliphatic carbocycles. The van der Waals surface area contributed by atoms with Gasteiger partial charge in [-0.2, -0.15) is 8.78 Å². The van der Waals surface area contributed by atoms with E-state index >= 15 is 0 Å². The monoisotopic (exact) mass is 484 g/mol. The molecular weight excluding hydrogens is 454 g/mol. The molecule has 2 fully saturated rings. The fourth-order valence-electron chi connectivity index (χ4n) is 5.95. The number of alkyl halides is 2. The summed E-state index contributed by atoms with van der Waals surface area (Å²) >= 11 is 0. The molecule has 0 spiro atoms. The third-order valence-corrected chi connectivity index (χ3v) is 7.70. The molecule has 2 aromatic carbocycles. The van der Waals surface area contributed by atoms with Crippen LogP contribution in [-0.4, -0.2) is 0 Å². The Balaban J connectivity index is 1.39. The topological polar surface area (TPSA) is 9.23 Å². The van der Waals surface area contributed by atoms with Crippen molar-refractivity contribution in [3.8, 4) is 5.75 Å². The van der Waals surface area contributed by atoms with Gasteiger partial charge in [-0.15, -0.1) is 0 Å². The van der Waals surface area contributed by atoms with Gasteiger partial charge < -0.3 is 4.74 Å². The Bertz CT molecular complexity index is 976. The van der Waals surface area contributed by atoms with Crippen LogP contribution in [0.1, 0.15) is 81.8 Å². The summed E-state index contributed by atoms with van der Waals surface area (Å²) in [5.41, 5.74) is -0.368. The summed E-state index contributed by atoms with van der Waals surface area (Å²) in [6.45, 7) is 2.23. The molecule has 2 aliphatic rings. The van der Waals surface area contributed by atoms with Crippen LogP contribution in [0, 0.1) is 41.0 Å². The van der Waals surface area contributed by atoms with Crippen LogP contribution in [0.4, 0.5) is 26.3 Å². The molecule has 2 atom stereocenters. The molecule has 2 saturated carbocycles. The van der Waals surface area contributed by atoms with Gasteiger partial charge in [-0.05, 0) is 79.9 Å². The van der Waals surface area contributed by atoms with E-state index in [2.05, 4.69) is 11.7 Å². The fraction of sp³-hybridized carbons (Fsp3) is 0.556. The molecule has 0 aromatic heterocycles. The van der Waals surface area contributed by atoms with Gasteiger partial charge in [0.15, 0.2) is 17.5 Å². The maximum Gasteiger partial charge on any atom is 0.429 e. The third-order valence-electron chi connectivity index (χ3n) is 7.70. The minimum Gasteiger partial charge on any atom is -0.429 e. The first kappa shape index (κ1) is 24.9. The summed E-state index contributed by atoms with van der Waals surface area (Å²) in [5.74, 6) is -4.79. The second-order valence-corrected chi connectivity index (χ2v) is 9.90. The highest BCUT2D eigenvalue weighted by Crippen LogP contribution is 2.46. The maximum atomic E-state index is 14.7. The Hall–Kier alpha value is -2.18. The average molecular weight is 485 g/mol. The predicted octanol–water partition coefficient (Wildman–Crippen LogP) is 8.86. The minimum atomic E-state index is -4.19. The highest BCUT2D eigenvalue weighted by atomic mass is 19.3. The van der Waals surface area contributed by atoms with Crippen LogP contribution in [0.15, 0.2) is 30.3 Å². The van der Waals surface area contributed by atoms with E-state index in [0.29, 0.717) is 23.6 Å². The summed E-state index contributed by atoms with van der Waals surface area (Å²) in [6, 6.07) is 4.13. The van der Waals surface area contributed by atoms with Gasteiger partial charge in [-0.25, -0.2) is 17.6 Å². The number of hydrogen-bond acceptors (Lipinski definition) is 1. The van der Waals surface area contributed by atoms with Gasteiger partial charge >= 0.3 is 6.11 Å². The normalized spacial score (nSPS) is 25.5. The Morgan fingerprint density at radius 3 is 2.09 bits per heavy atom. The van der Waals surface area contributed by atoms with Gasteiger partial charge in [0.25, 0.3) is 0 Å². The van der Waals surface area contributed by atoms with E-state index in [4.69, 9.17) is 0 Å². The molecule has 2 aromatic rings. The van der Waals surface area contributed by atoms with E-state index in [1.165, 1.54) is 38.2 Å². The number of rotatable bonds is 7. The van der Waals surface area contributed by atoms with Crippen molar-refractivity contribution in [2.45, 2.75) is 76.7 Å². The van der Waals surface area contributed by atoms with Crippen molar-refractivity contribution in [3.05, 3.63) is 64.7 Å². The van der Waals surface area contributed by atoms with Crippen molar-refractivity contribution in [2.24, 2.45) is 17.8 Å². The lowest BCUT2D eigenvalue weighted by atomic mass is 9.73. The summed E-state index contributed by atoms with van der Waals surface area (Å²) in [4.78, 5) is 0. The largest absolute Gasteiger partial charge is 0.429 e. The van der Waals surface area contributed by atoms with Crippen LogP contribution in [0.2, 0.25) is 0 Å². The zero-order chi connectivity index (χ0) is 24.5. The number of benzene rings is 2. The standard InChI is InChI=1S/C27H30F6O/c1-2-3-16-4-5-19(12-16)17-6-8-18(9-7-17)20-10-11-22(23(28)13-20)27(32,33)34-21-14-24(29)26(31)25(30)15-21/h10-11,13-19H,2-9,12H2,1H3. The van der Waals surface area contributed by atoms with Gasteiger partial charge in [0.05, 0.1) is 5.56 Å². The molecule has 0 heterocycles. The van der Waals surface area contributed by atoms with Crippen molar-refractivity contribution in [3.63, 3.8) is 0 Å². The van der Waals surface area contributed by atoms with Gasteiger partial charge in [0.2, 0.25) is 0 Å². The number of halogens is 6. The summed E-state index contributed by atoms with van der Waals surface area (Å²) in [5, 5.41) is 0. The van der Waals surface area contributed by atoms with Crippen LogP contribution in [0.5, 0.6) is 5.75 Å². The van der Waals surface area contributed by atoms with Crippen molar-refractivity contribution in [1.29, 1.82) is 0 Å². The molecule has 4 rings (SSSR count). The van der Waals surface area contributed by atoms with E-state index in [-0.39, 0.29) is 5.92 Å².